The summed E-state index contributed by atoms with van der Waals surface area (Å²) < 4.78 is 11.3. The Morgan fingerprint density at radius 2 is 1.55 bits per heavy atom. The second-order valence-electron chi connectivity index (χ2n) is 7.39. The molecule has 1 heterocycles. The number of aliphatic hydroxyl groups is 1. The number of nitrogens with one attached hydrogen (secondary N) is 2. The van der Waals surface area contributed by atoms with Crippen molar-refractivity contribution in [2.24, 2.45) is 0 Å². The number of nitrogens with zero attached hydrogens (tertiary/aromatic N) is 1. The van der Waals surface area contributed by atoms with Gasteiger partial charge in [-0.1, -0.05) is 72.8 Å². The third kappa shape index (κ3) is 5.99. The predicted molar refractivity (Wildman–Crippen MR) is 124 cm³/mol. The Morgan fingerprint density at radius 3 is 2.24 bits per heavy atom. The third-order valence-corrected chi connectivity index (χ3v) is 5.03. The summed E-state index contributed by atoms with van der Waals surface area (Å²) in [7, 11) is 0. The lowest BCUT2D eigenvalue weighted by atomic mass is 10.1. The number of carbonyl (C=O) groups is 1. The molecule has 1 amide bonds. The first-order chi connectivity index (χ1) is 16.2. The molecule has 0 fully saturated rings. The number of aliphatic hydroxyl groups excluding tert-OH is 1. The Kier molecular flexibility index (Phi) is 7.35. The molecule has 0 spiro atoms. The molecule has 7 heteroatoms. The maximum absolute atomic E-state index is 12.2. The number of alkyl carbamates (subject to hydrolysis) is 1. The average Bonchev–Trinajstić information content (AvgIpc) is 3.36. The number of carbonyl (C=O) groups excluding carboxylic acids is 1. The second kappa shape index (κ2) is 11.0. The lowest BCUT2D eigenvalue weighted by Crippen LogP contribution is -2.32. The van der Waals surface area contributed by atoms with Crippen molar-refractivity contribution in [1.82, 2.24) is 15.3 Å². The number of ether oxygens (including phenoxy) is 2. The molecule has 0 radical (unpaired) electrons. The van der Waals surface area contributed by atoms with Crippen LogP contribution in [0.1, 0.15) is 23.0 Å². The van der Waals surface area contributed by atoms with Crippen LogP contribution in [0, 0.1) is 0 Å². The number of hydrogen-bond donors (Lipinski definition) is 3. The van der Waals surface area contributed by atoms with Crippen LogP contribution in [0.2, 0.25) is 0 Å². The first kappa shape index (κ1) is 22.1. The molecule has 3 N–H and O–H groups in total. The highest BCUT2D eigenvalue weighted by atomic mass is 16.5. The van der Waals surface area contributed by atoms with Gasteiger partial charge in [0.1, 0.15) is 30.8 Å². The standard InChI is InChI=1S/C26H25N3O4/c30-16-23(29-26(31)33-18-20-11-5-2-6-12-20)25-27-15-22(28-25)21-13-7-8-14-24(21)32-17-19-9-3-1-4-10-19/h1-15,23,30H,16-18H2,(H,27,28)(H,29,31)/t23-/m0/s1. The van der Waals surface area contributed by atoms with E-state index >= 15 is 0 Å². The molecule has 4 aromatic rings. The number of aromatic amines is 1. The van der Waals surface area contributed by atoms with Gasteiger partial charge in [0.05, 0.1) is 18.5 Å². The molecule has 3 aromatic carbocycles. The van der Waals surface area contributed by atoms with Gasteiger partial charge in [0.2, 0.25) is 0 Å². The molecule has 7 nitrogen and oxygen atoms in total. The Bertz CT molecular complexity index is 1160. The monoisotopic (exact) mass is 443 g/mol. The molecular formula is C26H25N3O4. The number of imidazole rings is 1. The highest BCUT2D eigenvalue weighted by Crippen LogP contribution is 2.30. The molecule has 1 atom stereocenters. The summed E-state index contributed by atoms with van der Waals surface area (Å²) in [5, 5.41) is 12.4. The van der Waals surface area contributed by atoms with Gasteiger partial charge in [-0.15, -0.1) is 0 Å². The molecule has 1 aromatic heterocycles. The van der Waals surface area contributed by atoms with Gasteiger partial charge < -0.3 is 24.9 Å². The van der Waals surface area contributed by atoms with E-state index in [1.807, 2.05) is 84.9 Å². The fraction of sp³-hybridized carbons (Fsp3) is 0.154. The van der Waals surface area contributed by atoms with Crippen LogP contribution >= 0.6 is 0 Å². The molecule has 33 heavy (non-hydrogen) atoms. The van der Waals surface area contributed by atoms with Gasteiger partial charge in [0.15, 0.2) is 0 Å². The van der Waals surface area contributed by atoms with Crippen LogP contribution < -0.4 is 10.1 Å². The Balaban J connectivity index is 1.41. The van der Waals surface area contributed by atoms with Crippen molar-refractivity contribution in [3.8, 4) is 17.0 Å². The minimum Gasteiger partial charge on any atom is -0.488 e. The van der Waals surface area contributed by atoms with Crippen molar-refractivity contribution in [3.63, 3.8) is 0 Å². The van der Waals surface area contributed by atoms with Gasteiger partial charge in [-0.3, -0.25) is 0 Å². The molecule has 4 rings (SSSR count). The van der Waals surface area contributed by atoms with Crippen LogP contribution in [0.25, 0.3) is 11.3 Å². The molecule has 0 aliphatic rings. The summed E-state index contributed by atoms with van der Waals surface area (Å²) in [6.07, 6.45) is 1.02. The zero-order valence-corrected chi connectivity index (χ0v) is 18.0. The average molecular weight is 444 g/mol. The van der Waals surface area contributed by atoms with Crippen molar-refractivity contribution < 1.29 is 19.4 Å². The molecule has 0 saturated heterocycles. The Labute approximate surface area is 192 Å². The largest absolute Gasteiger partial charge is 0.488 e. The van der Waals surface area contributed by atoms with E-state index in [0.717, 1.165) is 16.7 Å². The van der Waals surface area contributed by atoms with E-state index in [1.54, 1.807) is 6.20 Å². The van der Waals surface area contributed by atoms with E-state index < -0.39 is 12.1 Å². The number of amides is 1. The quantitative estimate of drug-likeness (QED) is 0.351. The fourth-order valence-electron chi connectivity index (χ4n) is 3.31. The Hall–Kier alpha value is -4.10. The maximum Gasteiger partial charge on any atom is 0.408 e. The number of benzene rings is 3. The fourth-order valence-corrected chi connectivity index (χ4v) is 3.31. The summed E-state index contributed by atoms with van der Waals surface area (Å²) in [4.78, 5) is 19.7. The van der Waals surface area contributed by atoms with E-state index in [9.17, 15) is 9.90 Å². The normalized spacial score (nSPS) is 11.5. The van der Waals surface area contributed by atoms with Crippen LogP contribution in [0.15, 0.2) is 91.1 Å². The number of para-hydroxylation sites is 1. The summed E-state index contributed by atoms with van der Waals surface area (Å²) in [5.74, 6) is 1.12. The van der Waals surface area contributed by atoms with Gasteiger partial charge in [0, 0.05) is 5.56 Å². The molecule has 0 bridgehead atoms. The van der Waals surface area contributed by atoms with Crippen molar-refractivity contribution >= 4 is 6.09 Å². The van der Waals surface area contributed by atoms with E-state index in [-0.39, 0.29) is 13.2 Å². The van der Waals surface area contributed by atoms with Crippen molar-refractivity contribution in [1.29, 1.82) is 0 Å². The second-order valence-corrected chi connectivity index (χ2v) is 7.39. The highest BCUT2D eigenvalue weighted by Gasteiger charge is 2.19. The minimum atomic E-state index is -0.737. The van der Waals surface area contributed by atoms with E-state index in [2.05, 4.69) is 15.3 Å². The maximum atomic E-state index is 12.2. The Morgan fingerprint density at radius 1 is 0.909 bits per heavy atom. The summed E-state index contributed by atoms with van der Waals surface area (Å²) >= 11 is 0. The first-order valence-electron chi connectivity index (χ1n) is 10.6. The third-order valence-electron chi connectivity index (χ3n) is 5.03. The minimum absolute atomic E-state index is 0.139. The van der Waals surface area contributed by atoms with Crippen LogP contribution in [0.5, 0.6) is 5.75 Å². The number of rotatable bonds is 9. The lowest BCUT2D eigenvalue weighted by Gasteiger charge is -2.14. The van der Waals surface area contributed by atoms with Crippen molar-refractivity contribution in [2.75, 3.05) is 6.61 Å². The molecular weight excluding hydrogens is 418 g/mol. The van der Waals surface area contributed by atoms with Gasteiger partial charge in [-0.2, -0.15) is 0 Å². The van der Waals surface area contributed by atoms with Gasteiger partial charge in [0.25, 0.3) is 0 Å². The van der Waals surface area contributed by atoms with Crippen LogP contribution in [-0.2, 0) is 18.0 Å². The van der Waals surface area contributed by atoms with Gasteiger partial charge in [-0.05, 0) is 23.3 Å². The van der Waals surface area contributed by atoms with Crippen molar-refractivity contribution in [3.05, 3.63) is 108 Å². The van der Waals surface area contributed by atoms with Crippen LogP contribution in [-0.4, -0.2) is 27.8 Å². The van der Waals surface area contributed by atoms with Gasteiger partial charge >= 0.3 is 6.09 Å². The summed E-state index contributed by atoms with van der Waals surface area (Å²) in [5.41, 5.74) is 3.49. The van der Waals surface area contributed by atoms with Crippen LogP contribution in [0.3, 0.4) is 0 Å². The smallest absolute Gasteiger partial charge is 0.408 e. The van der Waals surface area contributed by atoms with E-state index in [4.69, 9.17) is 9.47 Å². The highest BCUT2D eigenvalue weighted by molar-refractivity contribution is 5.68. The van der Waals surface area contributed by atoms with Crippen LogP contribution in [0.4, 0.5) is 4.79 Å². The summed E-state index contributed by atoms with van der Waals surface area (Å²) in [6, 6.07) is 26.2. The molecule has 168 valence electrons. The number of hydrogen-bond acceptors (Lipinski definition) is 5. The lowest BCUT2D eigenvalue weighted by molar-refractivity contribution is 0.128. The zero-order valence-electron chi connectivity index (χ0n) is 18.0. The van der Waals surface area contributed by atoms with Crippen molar-refractivity contribution in [2.45, 2.75) is 19.3 Å². The molecule has 0 unspecified atom stereocenters. The van der Waals surface area contributed by atoms with E-state index in [0.29, 0.717) is 23.9 Å². The molecule has 0 saturated carbocycles. The molecule has 0 aliphatic heterocycles. The van der Waals surface area contributed by atoms with Gasteiger partial charge in [-0.25, -0.2) is 9.78 Å². The number of aromatic nitrogens is 2. The first-order valence-corrected chi connectivity index (χ1v) is 10.6. The SMILES string of the molecule is O=C(N[C@@H](CO)c1ncc(-c2ccccc2OCc2ccccc2)[nH]1)OCc1ccccc1. The van der Waals surface area contributed by atoms with E-state index in [1.165, 1.54) is 0 Å². The number of H-pyrrole nitrogens is 1. The predicted octanol–water partition coefficient (Wildman–Crippen LogP) is 4.62. The zero-order chi connectivity index (χ0) is 22.9. The summed E-state index contributed by atoms with van der Waals surface area (Å²) in [6.45, 7) is 0.243. The topological polar surface area (TPSA) is 96.5 Å². The molecule has 0 aliphatic carbocycles.